The van der Waals surface area contributed by atoms with Gasteiger partial charge in [0.1, 0.15) is 11.1 Å². The third-order valence-electron chi connectivity index (χ3n) is 5.38. The van der Waals surface area contributed by atoms with Gasteiger partial charge in [0.2, 0.25) is 5.91 Å². The topological polar surface area (TPSA) is 78.7 Å². The van der Waals surface area contributed by atoms with Crippen molar-refractivity contribution in [1.29, 1.82) is 5.26 Å². The second-order valence-electron chi connectivity index (χ2n) is 7.77. The van der Waals surface area contributed by atoms with Crippen molar-refractivity contribution in [2.45, 2.75) is 56.2 Å². The maximum Gasteiger partial charge on any atom is 0.239 e. The molecule has 0 saturated heterocycles. The van der Waals surface area contributed by atoms with Gasteiger partial charge in [-0.05, 0) is 51.2 Å². The molecule has 1 atom stereocenters. The van der Waals surface area contributed by atoms with Crippen molar-refractivity contribution in [2.75, 3.05) is 5.32 Å². The Morgan fingerprint density at radius 3 is 2.74 bits per heavy atom. The van der Waals surface area contributed by atoms with E-state index >= 15 is 0 Å². The number of amides is 1. The number of benzene rings is 1. The number of carbonyl (C=O) groups excluding carboxylic acids is 1. The van der Waals surface area contributed by atoms with Gasteiger partial charge in [-0.15, -0.1) is 11.3 Å². The van der Waals surface area contributed by atoms with E-state index in [0.717, 1.165) is 42.6 Å². The Bertz CT molecular complexity index is 1130. The van der Waals surface area contributed by atoms with E-state index in [9.17, 15) is 10.1 Å². The second-order valence-corrected chi connectivity index (χ2v) is 9.96. The lowest BCUT2D eigenvalue weighted by molar-refractivity contribution is -0.115. The number of rotatable bonds is 5. The Kier molecular flexibility index (Phi) is 6.69. The van der Waals surface area contributed by atoms with Crippen LogP contribution in [-0.2, 0) is 17.6 Å². The SMILES string of the molecule is Cc1ccc(-c2csc(NC(=O)C(C)Sc3nc4c(cc3C#N)CCCCC4)n2)cc1. The number of thiazole rings is 1. The number of fused-ring (bicyclic) bond motifs is 1. The number of hydrogen-bond acceptors (Lipinski definition) is 6. The van der Waals surface area contributed by atoms with Gasteiger partial charge < -0.3 is 5.32 Å². The van der Waals surface area contributed by atoms with Crippen LogP contribution in [0.1, 0.15) is 48.6 Å². The van der Waals surface area contributed by atoms with Crippen molar-refractivity contribution < 1.29 is 4.79 Å². The molecule has 0 fully saturated rings. The van der Waals surface area contributed by atoms with Crippen LogP contribution in [0.15, 0.2) is 40.7 Å². The standard InChI is InChI=1S/C24H24N4OS2/c1-15-8-10-17(11-9-15)21-14-30-24(27-21)28-22(29)16(2)31-23-19(13-25)12-18-6-4-3-5-7-20(18)26-23/h8-12,14,16H,3-7H2,1-2H3,(H,27,28,29). The van der Waals surface area contributed by atoms with Crippen molar-refractivity contribution in [3.63, 3.8) is 0 Å². The summed E-state index contributed by atoms with van der Waals surface area (Å²) < 4.78 is 0. The van der Waals surface area contributed by atoms with E-state index in [0.29, 0.717) is 15.7 Å². The minimum absolute atomic E-state index is 0.143. The summed E-state index contributed by atoms with van der Waals surface area (Å²) in [5.41, 5.74) is 5.89. The molecule has 1 aliphatic carbocycles. The Morgan fingerprint density at radius 2 is 1.97 bits per heavy atom. The Labute approximate surface area is 190 Å². The normalized spacial score (nSPS) is 14.2. The average molecular weight is 449 g/mol. The van der Waals surface area contributed by atoms with Gasteiger partial charge in [0, 0.05) is 16.6 Å². The number of nitriles is 1. The molecule has 0 aliphatic heterocycles. The molecule has 0 saturated carbocycles. The van der Waals surface area contributed by atoms with Crippen LogP contribution in [0.2, 0.25) is 0 Å². The highest BCUT2D eigenvalue weighted by Crippen LogP contribution is 2.31. The van der Waals surface area contributed by atoms with Crippen molar-refractivity contribution >= 4 is 34.1 Å². The molecule has 0 bridgehead atoms. The largest absolute Gasteiger partial charge is 0.301 e. The smallest absolute Gasteiger partial charge is 0.239 e. The highest BCUT2D eigenvalue weighted by atomic mass is 32.2. The number of aromatic nitrogens is 2. The fourth-order valence-corrected chi connectivity index (χ4v) is 5.20. The molecular formula is C24H24N4OS2. The molecule has 1 N–H and O–H groups in total. The van der Waals surface area contributed by atoms with Gasteiger partial charge in [0.05, 0.1) is 16.5 Å². The molecule has 1 aliphatic rings. The van der Waals surface area contributed by atoms with E-state index < -0.39 is 5.25 Å². The summed E-state index contributed by atoms with van der Waals surface area (Å²) in [6.07, 6.45) is 5.38. The molecule has 7 heteroatoms. The number of pyridine rings is 1. The van der Waals surface area contributed by atoms with Crippen LogP contribution in [-0.4, -0.2) is 21.1 Å². The summed E-state index contributed by atoms with van der Waals surface area (Å²) in [6, 6.07) is 12.4. The van der Waals surface area contributed by atoms with E-state index in [1.165, 1.54) is 40.6 Å². The number of carbonyl (C=O) groups is 1. The summed E-state index contributed by atoms with van der Waals surface area (Å²) in [5, 5.41) is 15.3. The highest BCUT2D eigenvalue weighted by Gasteiger charge is 2.21. The lowest BCUT2D eigenvalue weighted by atomic mass is 10.1. The van der Waals surface area contributed by atoms with E-state index in [4.69, 9.17) is 4.98 Å². The third kappa shape index (κ3) is 5.15. The Balaban J connectivity index is 1.45. The maximum atomic E-state index is 12.8. The predicted molar refractivity (Wildman–Crippen MR) is 126 cm³/mol. The maximum absolute atomic E-state index is 12.8. The number of nitrogens with zero attached hydrogens (tertiary/aromatic N) is 3. The molecule has 2 heterocycles. The molecular weight excluding hydrogens is 424 g/mol. The monoisotopic (exact) mass is 448 g/mol. The number of aryl methyl sites for hydroxylation is 3. The molecule has 3 aromatic rings. The van der Waals surface area contributed by atoms with Gasteiger partial charge in [-0.2, -0.15) is 5.26 Å². The fraction of sp³-hybridized carbons (Fsp3) is 0.333. The zero-order chi connectivity index (χ0) is 21.8. The van der Waals surface area contributed by atoms with Gasteiger partial charge in [0.25, 0.3) is 0 Å². The Morgan fingerprint density at radius 1 is 1.19 bits per heavy atom. The van der Waals surface area contributed by atoms with Crippen molar-refractivity contribution in [2.24, 2.45) is 0 Å². The number of hydrogen-bond donors (Lipinski definition) is 1. The molecule has 4 rings (SSSR count). The van der Waals surface area contributed by atoms with E-state index in [-0.39, 0.29) is 5.91 Å². The molecule has 1 unspecified atom stereocenters. The first-order valence-corrected chi connectivity index (χ1v) is 12.2. The number of anilines is 1. The Hall–Kier alpha value is -2.69. The quantitative estimate of drug-likeness (QED) is 0.396. The van der Waals surface area contributed by atoms with Gasteiger partial charge in [-0.1, -0.05) is 48.0 Å². The minimum atomic E-state index is -0.393. The summed E-state index contributed by atoms with van der Waals surface area (Å²) in [6.45, 7) is 3.88. The van der Waals surface area contributed by atoms with E-state index in [1.54, 1.807) is 0 Å². The van der Waals surface area contributed by atoms with Crippen LogP contribution in [0.5, 0.6) is 0 Å². The molecule has 0 radical (unpaired) electrons. The summed E-state index contributed by atoms with van der Waals surface area (Å²) in [4.78, 5) is 22.1. The first-order valence-electron chi connectivity index (χ1n) is 10.5. The summed E-state index contributed by atoms with van der Waals surface area (Å²) >= 11 is 2.75. The van der Waals surface area contributed by atoms with Gasteiger partial charge >= 0.3 is 0 Å². The number of nitrogens with one attached hydrogen (secondary N) is 1. The lowest BCUT2D eigenvalue weighted by Gasteiger charge is -2.13. The van der Waals surface area contributed by atoms with Crippen molar-refractivity contribution in [1.82, 2.24) is 9.97 Å². The van der Waals surface area contributed by atoms with Crippen molar-refractivity contribution in [3.05, 3.63) is 58.1 Å². The van der Waals surface area contributed by atoms with Gasteiger partial charge in [-0.25, -0.2) is 9.97 Å². The first kappa shape index (κ1) is 21.5. The van der Waals surface area contributed by atoms with Gasteiger partial charge in [-0.3, -0.25) is 4.79 Å². The van der Waals surface area contributed by atoms with Crippen molar-refractivity contribution in [3.8, 4) is 17.3 Å². The summed E-state index contributed by atoms with van der Waals surface area (Å²) in [5.74, 6) is -0.143. The zero-order valence-electron chi connectivity index (χ0n) is 17.6. The molecule has 2 aromatic heterocycles. The van der Waals surface area contributed by atoms with Crippen LogP contribution in [0.4, 0.5) is 5.13 Å². The summed E-state index contributed by atoms with van der Waals surface area (Å²) in [7, 11) is 0. The molecule has 31 heavy (non-hydrogen) atoms. The molecule has 0 spiro atoms. The van der Waals surface area contributed by atoms with Crippen LogP contribution in [0.3, 0.4) is 0 Å². The lowest BCUT2D eigenvalue weighted by Crippen LogP contribution is -2.22. The van der Waals surface area contributed by atoms with Gasteiger partial charge in [0.15, 0.2) is 5.13 Å². The van der Waals surface area contributed by atoms with E-state index in [2.05, 4.69) is 16.4 Å². The van der Waals surface area contributed by atoms with E-state index in [1.807, 2.05) is 49.6 Å². The average Bonchev–Trinajstić information content (AvgIpc) is 3.11. The first-order chi connectivity index (χ1) is 15.0. The van der Waals surface area contributed by atoms with Crippen LogP contribution in [0.25, 0.3) is 11.3 Å². The predicted octanol–water partition coefficient (Wildman–Crippen LogP) is 5.77. The molecule has 1 aromatic carbocycles. The van der Waals surface area contributed by atoms with Crippen LogP contribution in [0, 0.1) is 18.3 Å². The zero-order valence-corrected chi connectivity index (χ0v) is 19.3. The number of thioether (sulfide) groups is 1. The second kappa shape index (κ2) is 9.63. The molecule has 5 nitrogen and oxygen atoms in total. The van der Waals surface area contributed by atoms with Crippen LogP contribution >= 0.6 is 23.1 Å². The van der Waals surface area contributed by atoms with Crippen LogP contribution < -0.4 is 5.32 Å². The molecule has 158 valence electrons. The minimum Gasteiger partial charge on any atom is -0.301 e. The fourth-order valence-electron chi connectivity index (χ4n) is 3.58. The molecule has 1 amide bonds. The highest BCUT2D eigenvalue weighted by molar-refractivity contribution is 8.00. The third-order valence-corrected chi connectivity index (χ3v) is 7.24.